The zero-order chi connectivity index (χ0) is 26.4. The summed E-state index contributed by atoms with van der Waals surface area (Å²) in [7, 11) is 2.88. The van der Waals surface area contributed by atoms with E-state index in [0.717, 1.165) is 0 Å². The van der Waals surface area contributed by atoms with E-state index in [0.29, 0.717) is 6.07 Å². The van der Waals surface area contributed by atoms with Crippen LogP contribution in [0, 0.1) is 11.8 Å². The van der Waals surface area contributed by atoms with Crippen LogP contribution in [-0.2, 0) is 22.2 Å². The van der Waals surface area contributed by atoms with Gasteiger partial charge in [0.05, 0.1) is 22.9 Å². The van der Waals surface area contributed by atoms with Gasteiger partial charge in [-0.25, -0.2) is 0 Å². The van der Waals surface area contributed by atoms with E-state index in [1.165, 1.54) is 19.0 Å². The first-order chi connectivity index (χ1) is 16.0. The highest BCUT2D eigenvalue weighted by molar-refractivity contribution is 6.24. The number of aliphatic hydroxyl groups excluding tert-OH is 2. The Kier molecular flexibility index (Phi) is 5.23. The number of alkyl halides is 3. The molecule has 4 rings (SSSR count). The third-order valence-corrected chi connectivity index (χ3v) is 7.06. The molecule has 3 aliphatic carbocycles. The highest BCUT2D eigenvalue weighted by Gasteiger charge is 2.63. The Bertz CT molecular complexity index is 1270. The molecule has 0 aliphatic heterocycles. The fraction of sp³-hybridized carbons (Fsp3) is 0.409. The average molecular weight is 497 g/mol. The number of likely N-dealkylation sites (N-methyl/N-ethyl adjacent to an activating group) is 1. The summed E-state index contributed by atoms with van der Waals surface area (Å²) in [5.74, 6) is -9.41. The van der Waals surface area contributed by atoms with Crippen molar-refractivity contribution in [3.8, 4) is 5.75 Å². The van der Waals surface area contributed by atoms with E-state index in [2.05, 4.69) is 0 Å². The maximum absolute atomic E-state index is 13.7. The minimum atomic E-state index is -4.92. The largest absolute Gasteiger partial charge is 0.510 e. The summed E-state index contributed by atoms with van der Waals surface area (Å²) in [6.45, 7) is 0. The molecule has 0 radical (unpaired) electrons. The topological polar surface area (TPSA) is 187 Å². The monoisotopic (exact) mass is 497 g/mol. The van der Waals surface area contributed by atoms with E-state index < -0.39 is 104 Å². The van der Waals surface area contributed by atoms with E-state index in [9.17, 15) is 48.0 Å². The number of amides is 1. The van der Waals surface area contributed by atoms with Crippen LogP contribution < -0.4 is 11.5 Å². The third-order valence-electron chi connectivity index (χ3n) is 7.06. The number of aromatic hydroxyl groups is 1. The number of hydrogen-bond donors (Lipinski definition) is 6. The first-order valence-corrected chi connectivity index (χ1v) is 10.4. The van der Waals surface area contributed by atoms with E-state index in [1.54, 1.807) is 0 Å². The molecule has 0 spiro atoms. The number of halogens is 3. The number of fused-ring (bicyclic) bond motifs is 3. The van der Waals surface area contributed by atoms with Crippen molar-refractivity contribution in [2.24, 2.45) is 17.6 Å². The minimum Gasteiger partial charge on any atom is -0.510 e. The van der Waals surface area contributed by atoms with Crippen LogP contribution in [0.4, 0.5) is 18.9 Å². The molecule has 0 saturated heterocycles. The smallest absolute Gasteiger partial charge is 0.416 e. The number of allylic oxidation sites excluding steroid dienone is 1. The van der Waals surface area contributed by atoms with Crippen molar-refractivity contribution in [2.45, 2.75) is 30.7 Å². The summed E-state index contributed by atoms with van der Waals surface area (Å²) < 4.78 is 41.2. The molecule has 0 saturated carbocycles. The number of ketones is 2. The van der Waals surface area contributed by atoms with E-state index in [-0.39, 0.29) is 6.42 Å². The molecule has 8 N–H and O–H groups in total. The van der Waals surface area contributed by atoms with Gasteiger partial charge in [0, 0.05) is 11.5 Å². The fourth-order valence-electron chi connectivity index (χ4n) is 5.59. The number of phenols is 1. The molecule has 1 aromatic rings. The number of carbonyl (C=O) groups is 3. The molecule has 0 heterocycles. The first kappa shape index (κ1) is 24.5. The van der Waals surface area contributed by atoms with Crippen LogP contribution in [0.5, 0.6) is 5.75 Å². The summed E-state index contributed by atoms with van der Waals surface area (Å²) in [5.41, 5.74) is 3.01. The van der Waals surface area contributed by atoms with E-state index in [4.69, 9.17) is 11.5 Å². The lowest BCUT2D eigenvalue weighted by Gasteiger charge is -2.50. The van der Waals surface area contributed by atoms with Gasteiger partial charge < -0.3 is 31.9 Å². The molecule has 0 unspecified atom stereocenters. The number of anilines is 1. The van der Waals surface area contributed by atoms with E-state index >= 15 is 0 Å². The van der Waals surface area contributed by atoms with Crippen molar-refractivity contribution in [3.05, 3.63) is 45.4 Å². The number of nitrogens with two attached hydrogens (primary N) is 2. The summed E-state index contributed by atoms with van der Waals surface area (Å²) in [4.78, 5) is 39.7. The second kappa shape index (κ2) is 7.46. The number of aliphatic hydroxyl groups is 3. The predicted octanol–water partition coefficient (Wildman–Crippen LogP) is 0.722. The van der Waals surface area contributed by atoms with Gasteiger partial charge in [0.2, 0.25) is 5.78 Å². The van der Waals surface area contributed by atoms with Crippen molar-refractivity contribution in [2.75, 3.05) is 19.8 Å². The maximum atomic E-state index is 13.7. The van der Waals surface area contributed by atoms with Gasteiger partial charge in [-0.3, -0.25) is 19.3 Å². The van der Waals surface area contributed by atoms with Crippen LogP contribution in [0.2, 0.25) is 0 Å². The SMILES string of the molecule is CN(C)[C@@H]1C(O)=C(C(N)=O)C(=O)[C@@]2(O)C(O)=C3C(=O)c4c(O)c(N)cc(C(F)(F)F)c4C[C@H]3C[C@@H]12. The number of rotatable bonds is 2. The number of benzene rings is 1. The molecule has 13 heteroatoms. The van der Waals surface area contributed by atoms with Crippen molar-refractivity contribution < 1.29 is 48.0 Å². The summed E-state index contributed by atoms with van der Waals surface area (Å²) in [6, 6.07) is -0.738. The molecule has 1 amide bonds. The molecular weight excluding hydrogens is 475 g/mol. The van der Waals surface area contributed by atoms with Gasteiger partial charge in [-0.1, -0.05) is 0 Å². The Balaban J connectivity index is 2.01. The number of carbonyl (C=O) groups excluding carboxylic acids is 3. The highest BCUT2D eigenvalue weighted by Crippen LogP contribution is 2.54. The van der Waals surface area contributed by atoms with Crippen LogP contribution >= 0.6 is 0 Å². The molecule has 1 aromatic carbocycles. The third kappa shape index (κ3) is 3.14. The summed E-state index contributed by atoms with van der Waals surface area (Å²) in [6.07, 6.45) is -5.74. The van der Waals surface area contributed by atoms with Gasteiger partial charge in [0.15, 0.2) is 11.4 Å². The van der Waals surface area contributed by atoms with Gasteiger partial charge in [0.1, 0.15) is 22.8 Å². The van der Waals surface area contributed by atoms with Gasteiger partial charge >= 0.3 is 6.18 Å². The van der Waals surface area contributed by atoms with Gasteiger partial charge in [0.25, 0.3) is 5.91 Å². The average Bonchev–Trinajstić information content (AvgIpc) is 2.71. The summed E-state index contributed by atoms with van der Waals surface area (Å²) in [5, 5.41) is 43.5. The van der Waals surface area contributed by atoms with Gasteiger partial charge in [-0.2, -0.15) is 13.2 Å². The van der Waals surface area contributed by atoms with Crippen LogP contribution in [0.15, 0.2) is 28.7 Å². The van der Waals surface area contributed by atoms with Crippen LogP contribution in [0.1, 0.15) is 27.9 Å². The molecule has 0 bridgehead atoms. The Hall–Kier alpha value is -3.58. The predicted molar refractivity (Wildman–Crippen MR) is 113 cm³/mol. The molecule has 10 nitrogen and oxygen atoms in total. The zero-order valence-electron chi connectivity index (χ0n) is 18.5. The van der Waals surface area contributed by atoms with Crippen LogP contribution in [0.25, 0.3) is 0 Å². The Morgan fingerprint density at radius 1 is 1.20 bits per heavy atom. The van der Waals surface area contributed by atoms with Crippen molar-refractivity contribution in [3.63, 3.8) is 0 Å². The van der Waals surface area contributed by atoms with E-state index in [1.807, 2.05) is 0 Å². The lowest BCUT2D eigenvalue weighted by Crippen LogP contribution is -2.63. The lowest BCUT2D eigenvalue weighted by atomic mass is 9.58. The number of Topliss-reactive ketones (excluding diaryl/α,β-unsaturated/α-hetero) is 2. The van der Waals surface area contributed by atoms with Gasteiger partial charge in [-0.15, -0.1) is 0 Å². The normalized spacial score (nSPS) is 28.7. The van der Waals surface area contributed by atoms with Gasteiger partial charge in [-0.05, 0) is 44.5 Å². The molecule has 0 aromatic heterocycles. The fourth-order valence-corrected chi connectivity index (χ4v) is 5.59. The Morgan fingerprint density at radius 2 is 1.80 bits per heavy atom. The lowest BCUT2D eigenvalue weighted by molar-refractivity contribution is -0.148. The van der Waals surface area contributed by atoms with Crippen molar-refractivity contribution in [1.82, 2.24) is 4.90 Å². The standard InChI is InChI=1S/C22H22F3N3O7/c1-28(2)14-9-4-6-3-7-8(22(23,24)25)5-10(26)15(29)12(7)16(30)11(6)18(32)21(9,35)19(33)13(17(14)31)20(27)34/h5-6,9,14,29,31-32,35H,3-4,26H2,1-2H3,(H2,27,34)/t6-,9-,14-,21-/m0/s1. The number of nitrogen functional groups attached to an aromatic ring is 1. The number of phenolic OH excluding ortho intramolecular Hbond substituents is 1. The molecule has 0 fully saturated rings. The number of nitrogens with zero attached hydrogens (tertiary/aromatic N) is 1. The Labute approximate surface area is 195 Å². The molecule has 4 atom stereocenters. The quantitative estimate of drug-likeness (QED) is 0.194. The second-order valence-electron chi connectivity index (χ2n) is 9.18. The minimum absolute atomic E-state index is 0.325. The molecule has 188 valence electrons. The summed E-state index contributed by atoms with van der Waals surface area (Å²) >= 11 is 0. The first-order valence-electron chi connectivity index (χ1n) is 10.4. The van der Waals surface area contributed by atoms with Crippen molar-refractivity contribution >= 4 is 23.2 Å². The molecular formula is C22H22F3N3O7. The van der Waals surface area contributed by atoms with Crippen molar-refractivity contribution in [1.29, 1.82) is 0 Å². The zero-order valence-corrected chi connectivity index (χ0v) is 18.5. The van der Waals surface area contributed by atoms with Crippen LogP contribution in [0.3, 0.4) is 0 Å². The molecule has 35 heavy (non-hydrogen) atoms. The molecule has 3 aliphatic rings. The second-order valence-corrected chi connectivity index (χ2v) is 9.18. The highest BCUT2D eigenvalue weighted by atomic mass is 19.4. The maximum Gasteiger partial charge on any atom is 0.416 e. The number of hydrogen-bond acceptors (Lipinski definition) is 9. The number of primary amides is 1. The van der Waals surface area contributed by atoms with Crippen LogP contribution in [-0.4, -0.2) is 68.5 Å². The Morgan fingerprint density at radius 3 is 2.31 bits per heavy atom.